The summed E-state index contributed by atoms with van der Waals surface area (Å²) in [4.78, 5) is 34.3. The normalized spacial score (nSPS) is 20.6. The quantitative estimate of drug-likeness (QED) is 0.662. The molecule has 0 aromatic heterocycles. The van der Waals surface area contributed by atoms with Crippen molar-refractivity contribution in [2.75, 3.05) is 6.54 Å². The van der Waals surface area contributed by atoms with Gasteiger partial charge in [0.1, 0.15) is 11.6 Å². The van der Waals surface area contributed by atoms with E-state index in [4.69, 9.17) is 10.5 Å². The predicted octanol–water partition coefficient (Wildman–Crippen LogP) is -0.109. The van der Waals surface area contributed by atoms with Crippen LogP contribution in [0.25, 0.3) is 0 Å². The van der Waals surface area contributed by atoms with Crippen LogP contribution in [-0.4, -0.2) is 36.1 Å². The van der Waals surface area contributed by atoms with E-state index in [1.165, 1.54) is 0 Å². The van der Waals surface area contributed by atoms with Crippen molar-refractivity contribution in [1.29, 1.82) is 0 Å². The van der Waals surface area contributed by atoms with E-state index >= 15 is 0 Å². The lowest BCUT2D eigenvalue weighted by atomic mass is 9.98. The van der Waals surface area contributed by atoms with E-state index in [2.05, 4.69) is 10.6 Å². The summed E-state index contributed by atoms with van der Waals surface area (Å²) in [6.07, 6.45) is 0.119. The third-order valence-corrected chi connectivity index (χ3v) is 2.72. The standard InChI is InChI=1S/C12H21N3O4/c1-12(2,3)19-11(18)15-8(9(13)16)6-7-4-5-14-10(7)17/h7-8H,4-6H2,1-3H3,(H2,13,16)(H,14,17)(H,15,18)/t7?,8-/m0/s1. The number of nitrogens with two attached hydrogens (primary N) is 1. The molecule has 19 heavy (non-hydrogen) atoms. The summed E-state index contributed by atoms with van der Waals surface area (Å²) >= 11 is 0. The molecule has 1 rings (SSSR count). The average molecular weight is 271 g/mol. The first kappa shape index (κ1) is 15.3. The highest BCUT2D eigenvalue weighted by molar-refractivity contribution is 5.86. The van der Waals surface area contributed by atoms with Crippen molar-refractivity contribution in [2.45, 2.75) is 45.3 Å². The van der Waals surface area contributed by atoms with E-state index in [-0.39, 0.29) is 18.2 Å². The third kappa shape index (κ3) is 5.15. The molecule has 0 aromatic carbocycles. The van der Waals surface area contributed by atoms with Crippen LogP contribution in [0.5, 0.6) is 0 Å². The topological polar surface area (TPSA) is 111 Å². The Labute approximate surface area is 112 Å². The number of alkyl carbamates (subject to hydrolysis) is 1. The molecular weight excluding hydrogens is 250 g/mol. The Morgan fingerprint density at radius 2 is 2.16 bits per heavy atom. The number of hydrogen-bond acceptors (Lipinski definition) is 4. The maximum absolute atomic E-state index is 11.6. The van der Waals surface area contributed by atoms with Gasteiger partial charge >= 0.3 is 6.09 Å². The smallest absolute Gasteiger partial charge is 0.408 e. The molecule has 1 fully saturated rings. The van der Waals surface area contributed by atoms with E-state index < -0.39 is 23.6 Å². The van der Waals surface area contributed by atoms with Crippen molar-refractivity contribution >= 4 is 17.9 Å². The summed E-state index contributed by atoms with van der Waals surface area (Å²) in [6.45, 7) is 5.74. The zero-order valence-corrected chi connectivity index (χ0v) is 11.5. The minimum atomic E-state index is -0.899. The molecule has 7 nitrogen and oxygen atoms in total. The summed E-state index contributed by atoms with van der Waals surface area (Å²) in [5, 5.41) is 5.08. The molecule has 108 valence electrons. The first-order chi connectivity index (χ1) is 8.69. The van der Waals surface area contributed by atoms with Gasteiger partial charge in [-0.05, 0) is 33.6 Å². The lowest BCUT2D eigenvalue weighted by Crippen LogP contribution is -2.47. The van der Waals surface area contributed by atoms with E-state index in [0.29, 0.717) is 13.0 Å². The van der Waals surface area contributed by atoms with Crippen molar-refractivity contribution in [2.24, 2.45) is 11.7 Å². The predicted molar refractivity (Wildman–Crippen MR) is 68.1 cm³/mol. The Balaban J connectivity index is 2.56. The van der Waals surface area contributed by atoms with Gasteiger partial charge in [0, 0.05) is 12.5 Å². The average Bonchev–Trinajstić information content (AvgIpc) is 2.60. The molecule has 0 radical (unpaired) electrons. The highest BCUT2D eigenvalue weighted by atomic mass is 16.6. The Kier molecular flexibility index (Phi) is 4.74. The van der Waals surface area contributed by atoms with Gasteiger partial charge in [0.15, 0.2) is 0 Å². The Morgan fingerprint density at radius 1 is 1.53 bits per heavy atom. The van der Waals surface area contributed by atoms with Gasteiger partial charge in [-0.3, -0.25) is 9.59 Å². The van der Waals surface area contributed by atoms with E-state index in [0.717, 1.165) is 0 Å². The zero-order valence-electron chi connectivity index (χ0n) is 11.5. The second-order valence-corrected chi connectivity index (χ2v) is 5.61. The molecule has 7 heteroatoms. The van der Waals surface area contributed by atoms with Crippen LogP contribution in [0.15, 0.2) is 0 Å². The second kappa shape index (κ2) is 5.90. The minimum Gasteiger partial charge on any atom is -0.444 e. The lowest BCUT2D eigenvalue weighted by molar-refractivity contribution is -0.124. The molecule has 0 saturated carbocycles. The second-order valence-electron chi connectivity index (χ2n) is 5.61. The number of primary amides is 1. The van der Waals surface area contributed by atoms with Crippen LogP contribution in [0.2, 0.25) is 0 Å². The maximum atomic E-state index is 11.6. The Morgan fingerprint density at radius 3 is 2.58 bits per heavy atom. The largest absolute Gasteiger partial charge is 0.444 e. The molecule has 0 spiro atoms. The van der Waals surface area contributed by atoms with Crippen LogP contribution in [0.1, 0.15) is 33.6 Å². The molecule has 0 bridgehead atoms. The van der Waals surface area contributed by atoms with Gasteiger partial charge in [0.05, 0.1) is 0 Å². The van der Waals surface area contributed by atoms with Crippen molar-refractivity contribution < 1.29 is 19.1 Å². The Hall–Kier alpha value is -1.79. The summed E-state index contributed by atoms with van der Waals surface area (Å²) in [5.74, 6) is -1.09. The molecule has 0 aromatic rings. The molecule has 4 N–H and O–H groups in total. The molecule has 1 saturated heterocycles. The molecular formula is C12H21N3O4. The first-order valence-electron chi connectivity index (χ1n) is 6.25. The molecule has 1 aliphatic heterocycles. The Bertz CT molecular complexity index is 376. The van der Waals surface area contributed by atoms with Crippen molar-refractivity contribution in [3.8, 4) is 0 Å². The van der Waals surface area contributed by atoms with Gasteiger partial charge in [-0.15, -0.1) is 0 Å². The molecule has 2 atom stereocenters. The number of ether oxygens (including phenoxy) is 1. The lowest BCUT2D eigenvalue weighted by Gasteiger charge is -2.23. The molecule has 3 amide bonds. The summed E-state index contributed by atoms with van der Waals surface area (Å²) in [7, 11) is 0. The number of hydrogen-bond donors (Lipinski definition) is 3. The zero-order chi connectivity index (χ0) is 14.6. The third-order valence-electron chi connectivity index (χ3n) is 2.72. The summed E-state index contributed by atoms with van der Waals surface area (Å²) in [6, 6.07) is -0.899. The molecule has 1 unspecified atom stereocenters. The fraction of sp³-hybridized carbons (Fsp3) is 0.750. The van der Waals surface area contributed by atoms with Gasteiger partial charge in [-0.25, -0.2) is 4.79 Å². The first-order valence-corrected chi connectivity index (χ1v) is 6.25. The SMILES string of the molecule is CC(C)(C)OC(=O)N[C@@H](CC1CCNC1=O)C(N)=O. The van der Waals surface area contributed by atoms with Gasteiger partial charge in [-0.1, -0.05) is 0 Å². The number of rotatable bonds is 4. The van der Waals surface area contributed by atoms with Gasteiger partial charge in [-0.2, -0.15) is 0 Å². The number of amides is 3. The van der Waals surface area contributed by atoms with Gasteiger partial charge in [0.2, 0.25) is 11.8 Å². The monoisotopic (exact) mass is 271 g/mol. The highest BCUT2D eigenvalue weighted by Crippen LogP contribution is 2.16. The molecule has 0 aliphatic carbocycles. The number of carbonyl (C=O) groups excluding carboxylic acids is 3. The van der Waals surface area contributed by atoms with Gasteiger partial charge in [0.25, 0.3) is 0 Å². The molecule has 1 aliphatic rings. The van der Waals surface area contributed by atoms with Crippen molar-refractivity contribution in [3.05, 3.63) is 0 Å². The van der Waals surface area contributed by atoms with E-state index in [1.807, 2.05) is 0 Å². The fourth-order valence-electron chi connectivity index (χ4n) is 1.85. The van der Waals surface area contributed by atoms with Crippen LogP contribution >= 0.6 is 0 Å². The van der Waals surface area contributed by atoms with Crippen LogP contribution in [0.4, 0.5) is 4.79 Å². The molecule has 1 heterocycles. The van der Waals surface area contributed by atoms with E-state index in [9.17, 15) is 14.4 Å². The summed E-state index contributed by atoms with van der Waals surface area (Å²) in [5.41, 5.74) is 4.58. The van der Waals surface area contributed by atoms with Crippen LogP contribution < -0.4 is 16.4 Å². The van der Waals surface area contributed by atoms with Crippen LogP contribution in [0, 0.1) is 5.92 Å². The van der Waals surface area contributed by atoms with Crippen LogP contribution in [0.3, 0.4) is 0 Å². The van der Waals surface area contributed by atoms with Crippen molar-refractivity contribution in [1.82, 2.24) is 10.6 Å². The number of nitrogens with one attached hydrogen (secondary N) is 2. The highest BCUT2D eigenvalue weighted by Gasteiger charge is 2.31. The summed E-state index contributed by atoms with van der Waals surface area (Å²) < 4.78 is 5.05. The van der Waals surface area contributed by atoms with E-state index in [1.54, 1.807) is 20.8 Å². The van der Waals surface area contributed by atoms with Crippen LogP contribution in [-0.2, 0) is 14.3 Å². The number of carbonyl (C=O) groups is 3. The maximum Gasteiger partial charge on any atom is 0.408 e. The minimum absolute atomic E-state index is 0.114. The van der Waals surface area contributed by atoms with Crippen molar-refractivity contribution in [3.63, 3.8) is 0 Å². The fourth-order valence-corrected chi connectivity index (χ4v) is 1.85. The van der Waals surface area contributed by atoms with Gasteiger partial charge < -0.3 is 21.1 Å².